The van der Waals surface area contributed by atoms with Crippen LogP contribution in [0.2, 0.25) is 0 Å². The number of carbonyl (C=O) groups is 1. The van der Waals surface area contributed by atoms with Gasteiger partial charge in [-0.05, 0) is 18.2 Å². The zero-order valence-electron chi connectivity index (χ0n) is 8.57. The number of hydrogen-bond acceptors (Lipinski definition) is 5. The van der Waals surface area contributed by atoms with E-state index in [9.17, 15) is 13.6 Å². The molecule has 0 aliphatic rings. The molecule has 1 aromatic rings. The number of hydrogen-bond donors (Lipinski definition) is 0. The number of carbonyl (C=O) groups excluding carboxylic acids is 1. The van der Waals surface area contributed by atoms with Gasteiger partial charge in [-0.2, -0.15) is 8.78 Å². The lowest BCUT2D eigenvalue weighted by Crippen LogP contribution is -2.03. The van der Waals surface area contributed by atoms with E-state index in [0.717, 1.165) is 6.08 Å². The molecule has 0 unspecified atom stereocenters. The van der Waals surface area contributed by atoms with Crippen LogP contribution in [0, 0.1) is 6.92 Å². The topological polar surface area (TPSA) is 61.6 Å². The van der Waals surface area contributed by atoms with Crippen LogP contribution in [0.3, 0.4) is 0 Å². The minimum Gasteiger partial charge on any atom is -0.466 e. The summed E-state index contributed by atoms with van der Waals surface area (Å²) in [5.41, 5.74) is 0.172. The van der Waals surface area contributed by atoms with Crippen LogP contribution >= 0.6 is 0 Å². The normalized spacial score (nSPS) is 11.1. The molecule has 5 nitrogen and oxygen atoms in total. The molecule has 7 heteroatoms. The monoisotopic (exact) mass is 233 g/mol. The first-order valence-corrected chi connectivity index (χ1v) is 4.21. The number of methoxy groups -OCH3 is 1. The van der Waals surface area contributed by atoms with Gasteiger partial charge < -0.3 is 14.0 Å². The molecule has 1 heterocycles. The maximum atomic E-state index is 12.0. The summed E-state index contributed by atoms with van der Waals surface area (Å²) in [5.74, 6) is -0.730. The number of aryl methyl sites for hydroxylation is 1. The van der Waals surface area contributed by atoms with Crippen molar-refractivity contribution >= 4 is 12.0 Å². The molecule has 0 aliphatic carbocycles. The third-order valence-corrected chi connectivity index (χ3v) is 1.66. The Kier molecular flexibility index (Phi) is 3.98. The van der Waals surface area contributed by atoms with E-state index in [1.807, 2.05) is 0 Å². The zero-order chi connectivity index (χ0) is 12.1. The summed E-state index contributed by atoms with van der Waals surface area (Å²) in [5, 5.41) is 3.28. The van der Waals surface area contributed by atoms with E-state index in [4.69, 9.17) is 0 Å². The number of nitrogens with zero attached hydrogens (tertiary/aromatic N) is 1. The fourth-order valence-corrected chi connectivity index (χ4v) is 0.936. The number of rotatable bonds is 4. The molecule has 0 aliphatic heterocycles. The van der Waals surface area contributed by atoms with E-state index in [-0.39, 0.29) is 17.2 Å². The van der Waals surface area contributed by atoms with E-state index in [1.54, 1.807) is 0 Å². The average molecular weight is 233 g/mol. The second kappa shape index (κ2) is 5.24. The molecular weight excluding hydrogens is 224 g/mol. The Morgan fingerprint density at radius 1 is 1.56 bits per heavy atom. The molecule has 88 valence electrons. The SMILES string of the molecule is COC(=O)/C=C\c1c(OC(F)F)noc1C. The van der Waals surface area contributed by atoms with E-state index in [2.05, 4.69) is 19.2 Å². The highest BCUT2D eigenvalue weighted by Gasteiger charge is 2.15. The first-order chi connectivity index (χ1) is 7.54. The van der Waals surface area contributed by atoms with E-state index in [1.165, 1.54) is 20.1 Å². The highest BCUT2D eigenvalue weighted by molar-refractivity contribution is 5.87. The van der Waals surface area contributed by atoms with Gasteiger partial charge in [0.15, 0.2) is 0 Å². The van der Waals surface area contributed by atoms with Gasteiger partial charge in [0, 0.05) is 6.08 Å². The summed E-state index contributed by atoms with van der Waals surface area (Å²) in [6.45, 7) is -1.50. The minimum absolute atomic E-state index is 0.172. The van der Waals surface area contributed by atoms with Crippen LogP contribution < -0.4 is 4.74 Å². The third kappa shape index (κ3) is 3.04. The van der Waals surface area contributed by atoms with E-state index < -0.39 is 12.6 Å². The van der Waals surface area contributed by atoms with Crippen LogP contribution in [-0.4, -0.2) is 24.8 Å². The summed E-state index contributed by atoms with van der Waals surface area (Å²) in [6.07, 6.45) is 2.28. The molecule has 0 saturated carbocycles. The maximum Gasteiger partial charge on any atom is 0.388 e. The van der Waals surface area contributed by atoms with Gasteiger partial charge in [0.2, 0.25) is 0 Å². The fraction of sp³-hybridized carbons (Fsp3) is 0.333. The van der Waals surface area contributed by atoms with Gasteiger partial charge in [-0.25, -0.2) is 4.79 Å². The summed E-state index contributed by atoms with van der Waals surface area (Å²) >= 11 is 0. The lowest BCUT2D eigenvalue weighted by Gasteiger charge is -1.99. The van der Waals surface area contributed by atoms with Gasteiger partial charge in [0.05, 0.1) is 12.7 Å². The summed E-state index contributed by atoms with van der Waals surface area (Å²) in [7, 11) is 1.20. The van der Waals surface area contributed by atoms with Gasteiger partial charge in [0.1, 0.15) is 5.76 Å². The molecule has 0 amide bonds. The second-order valence-corrected chi connectivity index (χ2v) is 2.69. The molecule has 0 aromatic carbocycles. The smallest absolute Gasteiger partial charge is 0.388 e. The molecule has 1 rings (SSSR count). The van der Waals surface area contributed by atoms with Crippen LogP contribution in [0.5, 0.6) is 5.88 Å². The number of aromatic nitrogens is 1. The quantitative estimate of drug-likeness (QED) is 0.585. The highest BCUT2D eigenvalue weighted by Crippen LogP contribution is 2.23. The molecule has 0 radical (unpaired) electrons. The number of ether oxygens (including phenoxy) is 2. The summed E-state index contributed by atoms with van der Waals surface area (Å²) in [4.78, 5) is 10.8. The van der Waals surface area contributed by atoms with Crippen molar-refractivity contribution in [2.45, 2.75) is 13.5 Å². The molecule has 0 saturated heterocycles. The van der Waals surface area contributed by atoms with Crippen molar-refractivity contribution < 1.29 is 27.6 Å². The zero-order valence-corrected chi connectivity index (χ0v) is 8.57. The summed E-state index contributed by atoms with van der Waals surface area (Å²) < 4.78 is 37.0. The van der Waals surface area contributed by atoms with Crippen LogP contribution in [-0.2, 0) is 9.53 Å². The Hall–Kier alpha value is -1.92. The first kappa shape index (κ1) is 12.2. The molecule has 0 fully saturated rings. The van der Waals surface area contributed by atoms with E-state index >= 15 is 0 Å². The first-order valence-electron chi connectivity index (χ1n) is 4.21. The maximum absolute atomic E-state index is 12.0. The number of halogens is 2. The molecular formula is C9H9F2NO4. The van der Waals surface area contributed by atoms with Crippen molar-refractivity contribution in [3.05, 3.63) is 17.4 Å². The Balaban J connectivity index is 2.89. The third-order valence-electron chi connectivity index (χ3n) is 1.66. The lowest BCUT2D eigenvalue weighted by atomic mass is 10.2. The van der Waals surface area contributed by atoms with Crippen molar-refractivity contribution in [2.75, 3.05) is 7.11 Å². The van der Waals surface area contributed by atoms with Crippen molar-refractivity contribution in [1.82, 2.24) is 5.16 Å². The van der Waals surface area contributed by atoms with Crippen LogP contribution in [0.15, 0.2) is 10.6 Å². The molecule has 1 aromatic heterocycles. The number of esters is 1. The standard InChI is InChI=1S/C9H9F2NO4/c1-5-6(3-4-7(13)14-2)8(12-16-5)15-9(10)11/h3-4,9H,1-2H3/b4-3-. The highest BCUT2D eigenvalue weighted by atomic mass is 19.3. The second-order valence-electron chi connectivity index (χ2n) is 2.69. The molecule has 0 spiro atoms. The Labute approximate surface area is 89.6 Å². The molecule has 0 N–H and O–H groups in total. The van der Waals surface area contributed by atoms with Gasteiger partial charge in [-0.3, -0.25) is 0 Å². The van der Waals surface area contributed by atoms with Crippen molar-refractivity contribution in [1.29, 1.82) is 0 Å². The predicted molar refractivity (Wildman–Crippen MR) is 48.9 cm³/mol. The van der Waals surface area contributed by atoms with E-state index in [0.29, 0.717) is 0 Å². The predicted octanol–water partition coefficient (Wildman–Crippen LogP) is 1.77. The minimum atomic E-state index is -3.00. The Morgan fingerprint density at radius 2 is 2.25 bits per heavy atom. The molecule has 0 bridgehead atoms. The largest absolute Gasteiger partial charge is 0.466 e. The molecule has 16 heavy (non-hydrogen) atoms. The van der Waals surface area contributed by atoms with Crippen LogP contribution in [0.25, 0.3) is 6.08 Å². The van der Waals surface area contributed by atoms with Crippen LogP contribution in [0.4, 0.5) is 8.78 Å². The molecule has 0 atom stereocenters. The summed E-state index contributed by atoms with van der Waals surface area (Å²) in [6, 6.07) is 0. The van der Waals surface area contributed by atoms with Gasteiger partial charge in [0.25, 0.3) is 5.88 Å². The number of alkyl halides is 2. The fourth-order valence-electron chi connectivity index (χ4n) is 0.936. The van der Waals surface area contributed by atoms with Crippen molar-refractivity contribution in [3.8, 4) is 5.88 Å². The van der Waals surface area contributed by atoms with Crippen LogP contribution in [0.1, 0.15) is 11.3 Å². The Bertz CT molecular complexity index is 400. The lowest BCUT2D eigenvalue weighted by molar-refractivity contribution is -0.134. The Morgan fingerprint density at radius 3 is 2.81 bits per heavy atom. The van der Waals surface area contributed by atoms with Crippen molar-refractivity contribution in [3.63, 3.8) is 0 Å². The van der Waals surface area contributed by atoms with Crippen molar-refractivity contribution in [2.24, 2.45) is 0 Å². The van der Waals surface area contributed by atoms with Gasteiger partial charge in [-0.1, -0.05) is 0 Å². The average Bonchev–Trinajstić information content (AvgIpc) is 2.56. The van der Waals surface area contributed by atoms with Gasteiger partial charge >= 0.3 is 12.6 Å². The van der Waals surface area contributed by atoms with Gasteiger partial charge in [-0.15, -0.1) is 0 Å².